The number of aromatic nitrogens is 2. The summed E-state index contributed by atoms with van der Waals surface area (Å²) in [5.74, 6) is 0.984. The van der Waals surface area contributed by atoms with E-state index in [2.05, 4.69) is 9.97 Å². The lowest BCUT2D eigenvalue weighted by Crippen LogP contribution is -2.15. The van der Waals surface area contributed by atoms with Crippen molar-refractivity contribution in [2.45, 2.75) is 33.1 Å². The minimum Gasteiger partial charge on any atom is -0.381 e. The van der Waals surface area contributed by atoms with Crippen molar-refractivity contribution in [2.24, 2.45) is 0 Å². The van der Waals surface area contributed by atoms with E-state index in [1.165, 1.54) is 0 Å². The summed E-state index contributed by atoms with van der Waals surface area (Å²) >= 11 is 0. The number of aromatic amines is 1. The van der Waals surface area contributed by atoms with Crippen molar-refractivity contribution in [3.05, 3.63) is 27.9 Å². The molecule has 0 atom stereocenters. The molecule has 0 aromatic carbocycles. The fraction of sp³-hybridized carbons (Fsp3) is 0.636. The molecule has 1 aromatic rings. The molecule has 0 unspecified atom stereocenters. The van der Waals surface area contributed by atoms with Crippen LogP contribution in [-0.4, -0.2) is 23.2 Å². The third-order valence-electron chi connectivity index (χ3n) is 2.09. The zero-order valence-corrected chi connectivity index (χ0v) is 9.54. The molecule has 0 bridgehead atoms. The molecule has 84 valence electrons. The molecule has 4 heteroatoms. The Morgan fingerprint density at radius 1 is 1.53 bits per heavy atom. The maximum Gasteiger partial charge on any atom is 0.251 e. The molecular weight excluding hydrogens is 192 g/mol. The van der Waals surface area contributed by atoms with Crippen molar-refractivity contribution in [1.29, 1.82) is 0 Å². The normalized spacial score (nSPS) is 10.9. The average Bonchev–Trinajstić information content (AvgIpc) is 2.17. The Labute approximate surface area is 89.7 Å². The summed E-state index contributed by atoms with van der Waals surface area (Å²) in [5.41, 5.74) is 0.755. The Morgan fingerprint density at radius 2 is 2.27 bits per heavy atom. The van der Waals surface area contributed by atoms with Gasteiger partial charge in [0, 0.05) is 19.1 Å². The molecule has 15 heavy (non-hydrogen) atoms. The second kappa shape index (κ2) is 5.66. The molecule has 0 aliphatic heterocycles. The average molecular weight is 210 g/mol. The summed E-state index contributed by atoms with van der Waals surface area (Å²) < 4.78 is 5.22. The summed E-state index contributed by atoms with van der Waals surface area (Å²) in [6.45, 7) is 7.28. The van der Waals surface area contributed by atoms with E-state index >= 15 is 0 Å². The lowest BCUT2D eigenvalue weighted by molar-refractivity contribution is 0.149. The first-order valence-corrected chi connectivity index (χ1v) is 5.31. The van der Waals surface area contributed by atoms with Crippen molar-refractivity contribution in [3.8, 4) is 0 Å². The van der Waals surface area contributed by atoms with Crippen LogP contribution >= 0.6 is 0 Å². The van der Waals surface area contributed by atoms with Gasteiger partial charge in [0.2, 0.25) is 0 Å². The predicted molar refractivity (Wildman–Crippen MR) is 59.1 cm³/mol. The summed E-state index contributed by atoms with van der Waals surface area (Å²) in [7, 11) is 0. The summed E-state index contributed by atoms with van der Waals surface area (Å²) in [6.07, 6.45) is 0.656. The summed E-state index contributed by atoms with van der Waals surface area (Å²) in [5, 5.41) is 0. The molecule has 1 aromatic heterocycles. The first-order valence-electron chi connectivity index (χ1n) is 5.31. The van der Waals surface area contributed by atoms with Crippen molar-refractivity contribution < 1.29 is 4.74 Å². The Morgan fingerprint density at radius 3 is 2.87 bits per heavy atom. The zero-order chi connectivity index (χ0) is 11.3. The van der Waals surface area contributed by atoms with Crippen LogP contribution in [0.2, 0.25) is 0 Å². The van der Waals surface area contributed by atoms with Gasteiger partial charge in [-0.15, -0.1) is 0 Å². The Balaban J connectivity index is 2.75. The van der Waals surface area contributed by atoms with Crippen molar-refractivity contribution in [2.75, 3.05) is 13.2 Å². The number of nitrogens with one attached hydrogen (secondary N) is 1. The van der Waals surface area contributed by atoms with Gasteiger partial charge in [0.1, 0.15) is 5.82 Å². The minimum absolute atomic E-state index is 0.0831. The highest BCUT2D eigenvalue weighted by atomic mass is 16.5. The molecule has 4 nitrogen and oxygen atoms in total. The molecule has 0 aliphatic carbocycles. The van der Waals surface area contributed by atoms with Gasteiger partial charge in [0.05, 0.1) is 12.3 Å². The van der Waals surface area contributed by atoms with E-state index in [9.17, 15) is 4.79 Å². The van der Waals surface area contributed by atoms with Gasteiger partial charge in [-0.1, -0.05) is 13.8 Å². The lowest BCUT2D eigenvalue weighted by atomic mass is 10.1. The van der Waals surface area contributed by atoms with Gasteiger partial charge >= 0.3 is 0 Å². The third-order valence-corrected chi connectivity index (χ3v) is 2.09. The van der Waals surface area contributed by atoms with Gasteiger partial charge in [-0.2, -0.15) is 0 Å². The zero-order valence-electron chi connectivity index (χ0n) is 9.54. The standard InChI is InChI=1S/C11H18N2O2/c1-4-15-6-5-10-12-9(8(2)3)7-11(14)13-10/h7-8H,4-6H2,1-3H3,(H,12,13,14). The SMILES string of the molecule is CCOCCc1nc(C(C)C)cc(=O)[nH]1. The van der Waals surface area contributed by atoms with Crippen LogP contribution in [0.3, 0.4) is 0 Å². The van der Waals surface area contributed by atoms with E-state index in [1.54, 1.807) is 6.07 Å². The first kappa shape index (κ1) is 11.9. The van der Waals surface area contributed by atoms with Gasteiger partial charge in [0.15, 0.2) is 0 Å². The van der Waals surface area contributed by atoms with E-state index in [1.807, 2.05) is 20.8 Å². The van der Waals surface area contributed by atoms with Gasteiger partial charge in [0.25, 0.3) is 5.56 Å². The molecule has 1 rings (SSSR count). The fourth-order valence-corrected chi connectivity index (χ4v) is 1.26. The van der Waals surface area contributed by atoms with Crippen molar-refractivity contribution >= 4 is 0 Å². The predicted octanol–water partition coefficient (Wildman–Crippen LogP) is 1.47. The van der Waals surface area contributed by atoms with Crippen LogP contribution in [0.15, 0.2) is 10.9 Å². The Kier molecular flexibility index (Phi) is 4.49. The molecule has 0 saturated carbocycles. The Bertz CT molecular complexity index is 358. The molecule has 0 amide bonds. The number of rotatable bonds is 5. The van der Waals surface area contributed by atoms with Crippen LogP contribution in [0, 0.1) is 0 Å². The Hall–Kier alpha value is -1.16. The van der Waals surface area contributed by atoms with Crippen LogP contribution in [-0.2, 0) is 11.2 Å². The van der Waals surface area contributed by atoms with Crippen LogP contribution in [0.4, 0.5) is 0 Å². The highest BCUT2D eigenvalue weighted by molar-refractivity contribution is 5.06. The topological polar surface area (TPSA) is 55.0 Å². The van der Waals surface area contributed by atoms with Gasteiger partial charge in [-0.25, -0.2) is 4.98 Å². The number of nitrogens with zero attached hydrogens (tertiary/aromatic N) is 1. The van der Waals surface area contributed by atoms with Crippen LogP contribution < -0.4 is 5.56 Å². The minimum atomic E-state index is -0.0831. The second-order valence-electron chi connectivity index (χ2n) is 3.72. The van der Waals surface area contributed by atoms with Crippen LogP contribution in [0.1, 0.15) is 38.2 Å². The number of ether oxygens (including phenoxy) is 1. The van der Waals surface area contributed by atoms with E-state index in [4.69, 9.17) is 4.74 Å². The summed E-state index contributed by atoms with van der Waals surface area (Å²) in [6, 6.07) is 1.55. The largest absolute Gasteiger partial charge is 0.381 e. The molecule has 0 spiro atoms. The number of hydrogen-bond donors (Lipinski definition) is 1. The highest BCUT2D eigenvalue weighted by Crippen LogP contribution is 2.08. The molecule has 0 saturated heterocycles. The highest BCUT2D eigenvalue weighted by Gasteiger charge is 2.04. The molecule has 0 radical (unpaired) electrons. The van der Waals surface area contributed by atoms with Gasteiger partial charge in [-0.05, 0) is 12.8 Å². The molecule has 1 heterocycles. The van der Waals surface area contributed by atoms with E-state index < -0.39 is 0 Å². The molecular formula is C11H18N2O2. The number of hydrogen-bond acceptors (Lipinski definition) is 3. The fourth-order valence-electron chi connectivity index (χ4n) is 1.26. The lowest BCUT2D eigenvalue weighted by Gasteiger charge is -2.06. The smallest absolute Gasteiger partial charge is 0.251 e. The first-order chi connectivity index (χ1) is 7.13. The molecule has 0 fully saturated rings. The summed E-state index contributed by atoms with van der Waals surface area (Å²) in [4.78, 5) is 18.4. The second-order valence-corrected chi connectivity index (χ2v) is 3.72. The maximum atomic E-state index is 11.3. The van der Waals surface area contributed by atoms with Crippen LogP contribution in [0.25, 0.3) is 0 Å². The quantitative estimate of drug-likeness (QED) is 0.749. The van der Waals surface area contributed by atoms with Gasteiger partial charge in [-0.3, -0.25) is 4.79 Å². The number of H-pyrrole nitrogens is 1. The van der Waals surface area contributed by atoms with Crippen molar-refractivity contribution in [3.63, 3.8) is 0 Å². The van der Waals surface area contributed by atoms with E-state index in [0.29, 0.717) is 25.5 Å². The van der Waals surface area contributed by atoms with Crippen LogP contribution in [0.5, 0.6) is 0 Å². The van der Waals surface area contributed by atoms with Crippen molar-refractivity contribution in [1.82, 2.24) is 9.97 Å². The molecule has 1 N–H and O–H groups in total. The molecule has 0 aliphatic rings. The van der Waals surface area contributed by atoms with Gasteiger partial charge < -0.3 is 9.72 Å². The van der Waals surface area contributed by atoms with E-state index in [-0.39, 0.29) is 11.5 Å². The maximum absolute atomic E-state index is 11.3. The monoisotopic (exact) mass is 210 g/mol. The third kappa shape index (κ3) is 3.83. The van der Waals surface area contributed by atoms with E-state index in [0.717, 1.165) is 5.69 Å².